The summed E-state index contributed by atoms with van der Waals surface area (Å²) in [4.78, 5) is 11.9. The highest BCUT2D eigenvalue weighted by Gasteiger charge is 2.23. The van der Waals surface area contributed by atoms with Crippen LogP contribution in [0.15, 0.2) is 18.2 Å². The Bertz CT molecular complexity index is 459. The first kappa shape index (κ1) is 14.2. The number of carbonyl (C=O) groups excluding carboxylic acids is 1. The molecule has 19 heavy (non-hydrogen) atoms. The number of urea groups is 1. The van der Waals surface area contributed by atoms with Gasteiger partial charge >= 0.3 is 6.03 Å². The number of aryl methyl sites for hydroxylation is 1. The van der Waals surface area contributed by atoms with E-state index in [9.17, 15) is 4.79 Å². The third-order valence-electron chi connectivity index (χ3n) is 3.31. The number of amides is 2. The molecule has 1 fully saturated rings. The van der Waals surface area contributed by atoms with Crippen molar-refractivity contribution >= 4 is 23.3 Å². The number of carbonyl (C=O) groups is 1. The highest BCUT2D eigenvalue weighted by atomic mass is 35.5. The lowest BCUT2D eigenvalue weighted by Crippen LogP contribution is -2.42. The number of halogens is 1. The fraction of sp³-hybridized carbons (Fsp3) is 0.500. The third-order valence-corrected chi connectivity index (χ3v) is 3.72. The van der Waals surface area contributed by atoms with Crippen molar-refractivity contribution in [1.29, 1.82) is 0 Å². The van der Waals surface area contributed by atoms with Crippen LogP contribution in [0.1, 0.15) is 25.3 Å². The maximum Gasteiger partial charge on any atom is 0.319 e. The lowest BCUT2D eigenvalue weighted by Gasteiger charge is -2.20. The summed E-state index contributed by atoms with van der Waals surface area (Å²) in [6.07, 6.45) is 2.18. The summed E-state index contributed by atoms with van der Waals surface area (Å²) in [5, 5.41) is 6.30. The Hall–Kier alpha value is -1.26. The van der Waals surface area contributed by atoms with E-state index < -0.39 is 0 Å². The quantitative estimate of drug-likeness (QED) is 0.893. The molecule has 2 rings (SSSR count). The molecule has 2 amide bonds. The second-order valence-electron chi connectivity index (χ2n) is 4.90. The predicted octanol–water partition coefficient (Wildman–Crippen LogP) is 3.34. The molecule has 1 aromatic carbocycles. The normalized spacial score (nSPS) is 20.1. The maximum absolute atomic E-state index is 11.9. The smallest absolute Gasteiger partial charge is 0.319 e. The minimum absolute atomic E-state index is 0.00317. The summed E-state index contributed by atoms with van der Waals surface area (Å²) >= 11 is 6.01. The average Bonchev–Trinajstić information content (AvgIpc) is 2.87. The molecule has 1 aliphatic rings. The van der Waals surface area contributed by atoms with Gasteiger partial charge in [-0.1, -0.05) is 17.7 Å². The van der Waals surface area contributed by atoms with E-state index in [0.717, 1.165) is 25.0 Å². The van der Waals surface area contributed by atoms with Crippen LogP contribution in [0.2, 0.25) is 5.02 Å². The summed E-state index contributed by atoms with van der Waals surface area (Å²) in [6.45, 7) is 4.66. The van der Waals surface area contributed by atoms with Gasteiger partial charge in [0, 0.05) is 17.3 Å². The van der Waals surface area contributed by atoms with Gasteiger partial charge in [0.1, 0.15) is 0 Å². The van der Waals surface area contributed by atoms with Gasteiger partial charge in [-0.15, -0.1) is 0 Å². The molecule has 0 radical (unpaired) electrons. The standard InChI is InChI=1S/C14H19ClN2O2/c1-9-5-6-11(8-12(9)15)17-14(18)16-10(2)13-4-3-7-19-13/h5-6,8,10,13H,3-4,7H2,1-2H3,(H2,16,17,18). The van der Waals surface area contributed by atoms with E-state index in [2.05, 4.69) is 10.6 Å². The summed E-state index contributed by atoms with van der Waals surface area (Å²) in [6, 6.07) is 5.22. The van der Waals surface area contributed by atoms with Gasteiger partial charge < -0.3 is 15.4 Å². The van der Waals surface area contributed by atoms with Crippen molar-refractivity contribution in [3.8, 4) is 0 Å². The fourth-order valence-electron chi connectivity index (χ4n) is 2.13. The van der Waals surface area contributed by atoms with E-state index in [-0.39, 0.29) is 18.2 Å². The predicted molar refractivity (Wildman–Crippen MR) is 76.8 cm³/mol. The fourth-order valence-corrected chi connectivity index (χ4v) is 2.31. The van der Waals surface area contributed by atoms with Crippen molar-refractivity contribution in [2.75, 3.05) is 11.9 Å². The number of hydrogen-bond acceptors (Lipinski definition) is 2. The van der Waals surface area contributed by atoms with Crippen molar-refractivity contribution in [2.24, 2.45) is 0 Å². The lowest BCUT2D eigenvalue weighted by atomic mass is 10.1. The minimum Gasteiger partial charge on any atom is -0.376 e. The van der Waals surface area contributed by atoms with E-state index in [0.29, 0.717) is 10.7 Å². The molecule has 2 atom stereocenters. The zero-order valence-electron chi connectivity index (χ0n) is 11.2. The van der Waals surface area contributed by atoms with Gasteiger partial charge in [0.15, 0.2) is 0 Å². The van der Waals surface area contributed by atoms with Crippen molar-refractivity contribution in [1.82, 2.24) is 5.32 Å². The van der Waals surface area contributed by atoms with Crippen LogP contribution in [-0.4, -0.2) is 24.8 Å². The van der Waals surface area contributed by atoms with Crippen LogP contribution in [-0.2, 0) is 4.74 Å². The average molecular weight is 283 g/mol. The van der Waals surface area contributed by atoms with Crippen LogP contribution in [0.25, 0.3) is 0 Å². The molecule has 1 saturated heterocycles. The number of hydrogen-bond donors (Lipinski definition) is 2. The van der Waals surface area contributed by atoms with E-state index in [4.69, 9.17) is 16.3 Å². The Balaban J connectivity index is 1.88. The minimum atomic E-state index is -0.233. The van der Waals surface area contributed by atoms with Crippen molar-refractivity contribution in [3.63, 3.8) is 0 Å². The Morgan fingerprint density at radius 3 is 2.95 bits per heavy atom. The van der Waals surface area contributed by atoms with E-state index in [1.807, 2.05) is 26.0 Å². The SMILES string of the molecule is Cc1ccc(NC(=O)NC(C)C2CCCO2)cc1Cl. The second kappa shape index (κ2) is 6.26. The number of nitrogens with one attached hydrogen (secondary N) is 2. The van der Waals surface area contributed by atoms with E-state index >= 15 is 0 Å². The Labute approximate surface area is 118 Å². The highest BCUT2D eigenvalue weighted by Crippen LogP contribution is 2.20. The maximum atomic E-state index is 11.9. The van der Waals surface area contributed by atoms with Gasteiger partial charge in [-0.05, 0) is 44.4 Å². The zero-order valence-corrected chi connectivity index (χ0v) is 12.0. The molecular formula is C14H19ClN2O2. The van der Waals surface area contributed by atoms with Crippen LogP contribution in [0.5, 0.6) is 0 Å². The Morgan fingerprint density at radius 1 is 1.53 bits per heavy atom. The van der Waals surface area contributed by atoms with Crippen molar-refractivity contribution in [2.45, 2.75) is 38.8 Å². The third kappa shape index (κ3) is 3.85. The van der Waals surface area contributed by atoms with Gasteiger partial charge in [0.25, 0.3) is 0 Å². The Morgan fingerprint density at radius 2 is 2.32 bits per heavy atom. The molecular weight excluding hydrogens is 264 g/mol. The molecule has 1 aliphatic heterocycles. The van der Waals surface area contributed by atoms with Crippen LogP contribution < -0.4 is 10.6 Å². The molecule has 2 N–H and O–H groups in total. The van der Waals surface area contributed by atoms with Gasteiger partial charge in [0.2, 0.25) is 0 Å². The molecule has 4 nitrogen and oxygen atoms in total. The number of rotatable bonds is 3. The molecule has 0 aliphatic carbocycles. The number of anilines is 1. The van der Waals surface area contributed by atoms with Gasteiger partial charge in [-0.25, -0.2) is 4.79 Å². The first-order chi connectivity index (χ1) is 9.06. The first-order valence-corrected chi connectivity index (χ1v) is 6.89. The van der Waals surface area contributed by atoms with Gasteiger partial charge in [-0.3, -0.25) is 0 Å². The van der Waals surface area contributed by atoms with Gasteiger partial charge in [-0.2, -0.15) is 0 Å². The topological polar surface area (TPSA) is 50.4 Å². The van der Waals surface area contributed by atoms with Crippen molar-refractivity contribution < 1.29 is 9.53 Å². The van der Waals surface area contributed by atoms with E-state index in [1.54, 1.807) is 6.07 Å². The molecule has 5 heteroatoms. The monoisotopic (exact) mass is 282 g/mol. The van der Waals surface area contributed by atoms with Crippen LogP contribution in [0.3, 0.4) is 0 Å². The molecule has 2 unspecified atom stereocenters. The number of ether oxygens (including phenoxy) is 1. The lowest BCUT2D eigenvalue weighted by molar-refractivity contribution is 0.0868. The molecule has 0 spiro atoms. The van der Waals surface area contributed by atoms with E-state index in [1.165, 1.54) is 0 Å². The summed E-state index contributed by atoms with van der Waals surface area (Å²) in [7, 11) is 0. The van der Waals surface area contributed by atoms with Crippen LogP contribution in [0, 0.1) is 6.92 Å². The molecule has 1 aromatic rings. The van der Waals surface area contributed by atoms with Crippen molar-refractivity contribution in [3.05, 3.63) is 28.8 Å². The summed E-state index contributed by atoms with van der Waals surface area (Å²) < 4.78 is 5.54. The second-order valence-corrected chi connectivity index (χ2v) is 5.31. The van der Waals surface area contributed by atoms with Crippen LogP contribution >= 0.6 is 11.6 Å². The summed E-state index contributed by atoms with van der Waals surface area (Å²) in [5.74, 6) is 0. The van der Waals surface area contributed by atoms with Gasteiger partial charge in [0.05, 0.1) is 12.1 Å². The van der Waals surface area contributed by atoms with Crippen LogP contribution in [0.4, 0.5) is 10.5 Å². The molecule has 104 valence electrons. The summed E-state index contributed by atoms with van der Waals surface area (Å²) in [5.41, 5.74) is 1.67. The number of benzene rings is 1. The molecule has 0 saturated carbocycles. The molecule has 0 aromatic heterocycles. The highest BCUT2D eigenvalue weighted by molar-refractivity contribution is 6.31. The molecule has 1 heterocycles. The zero-order chi connectivity index (χ0) is 13.8. The molecule has 0 bridgehead atoms. The Kier molecular flexibility index (Phi) is 4.66. The largest absolute Gasteiger partial charge is 0.376 e. The first-order valence-electron chi connectivity index (χ1n) is 6.51.